The van der Waals surface area contributed by atoms with Crippen LogP contribution in [0, 0.1) is 0 Å². The van der Waals surface area contributed by atoms with Crippen molar-refractivity contribution in [2.75, 3.05) is 26.7 Å². The molecule has 0 bridgehead atoms. The third kappa shape index (κ3) is 3.72. The fraction of sp³-hybridized carbons (Fsp3) is 0.556. The minimum atomic E-state index is 0.250. The molecule has 2 heterocycles. The molecule has 0 aliphatic carbocycles. The Morgan fingerprint density at radius 1 is 1.43 bits per heavy atom. The second-order valence-corrected chi connectivity index (χ2v) is 7.90. The average molecular weight is 332 g/mol. The molecule has 4 nitrogen and oxygen atoms in total. The van der Waals surface area contributed by atoms with E-state index in [1.54, 1.807) is 0 Å². The second kappa shape index (κ2) is 6.97. The van der Waals surface area contributed by atoms with Crippen molar-refractivity contribution in [3.63, 3.8) is 0 Å². The molecule has 1 aromatic carbocycles. The number of amides is 1. The Morgan fingerprint density at radius 3 is 2.96 bits per heavy atom. The van der Waals surface area contributed by atoms with Crippen LogP contribution in [0.3, 0.4) is 0 Å². The van der Waals surface area contributed by atoms with Crippen molar-refractivity contribution in [2.24, 2.45) is 0 Å². The van der Waals surface area contributed by atoms with Crippen molar-refractivity contribution >= 4 is 27.5 Å². The lowest BCUT2D eigenvalue weighted by atomic mass is 9.98. The van der Waals surface area contributed by atoms with E-state index in [4.69, 9.17) is 4.98 Å². The summed E-state index contributed by atoms with van der Waals surface area (Å²) in [4.78, 5) is 20.4. The molecule has 1 aliphatic rings. The molecule has 124 valence electrons. The van der Waals surface area contributed by atoms with E-state index in [2.05, 4.69) is 32.0 Å². The standard InChI is InChI=1S/C18H25N3OS/c1-13(2)20(3)17(22)12-21-10-6-7-14(11-21)18-19-15-8-4-5-9-16(15)23-18/h4-5,8-9,13-14H,6-7,10-12H2,1-3H3/p+1/t14-/m1/s1. The van der Waals surface area contributed by atoms with Gasteiger partial charge >= 0.3 is 0 Å². The summed E-state index contributed by atoms with van der Waals surface area (Å²) < 4.78 is 1.27. The number of para-hydroxylation sites is 1. The lowest BCUT2D eigenvalue weighted by molar-refractivity contribution is -0.898. The maximum atomic E-state index is 12.3. The van der Waals surface area contributed by atoms with Gasteiger partial charge in [-0.2, -0.15) is 0 Å². The summed E-state index contributed by atoms with van der Waals surface area (Å²) in [6.45, 7) is 6.85. The molecule has 5 heteroatoms. The number of aromatic nitrogens is 1. The predicted molar refractivity (Wildman–Crippen MR) is 95.1 cm³/mol. The summed E-state index contributed by atoms with van der Waals surface area (Å²) in [7, 11) is 1.90. The summed E-state index contributed by atoms with van der Waals surface area (Å²) in [5.41, 5.74) is 1.11. The van der Waals surface area contributed by atoms with Gasteiger partial charge in [-0.3, -0.25) is 4.79 Å². The Labute approximate surface area is 142 Å². The van der Waals surface area contributed by atoms with Crippen LogP contribution in [0.1, 0.15) is 37.6 Å². The maximum Gasteiger partial charge on any atom is 0.277 e. The molecule has 1 aromatic heterocycles. The molecule has 3 rings (SSSR count). The number of quaternary nitrogens is 1. The second-order valence-electron chi connectivity index (χ2n) is 6.84. The van der Waals surface area contributed by atoms with Gasteiger partial charge in [0.15, 0.2) is 6.54 Å². The number of fused-ring (bicyclic) bond motifs is 1. The molecular formula is C18H26N3OS+. The van der Waals surface area contributed by atoms with Crippen LogP contribution in [-0.4, -0.2) is 48.5 Å². The van der Waals surface area contributed by atoms with Crippen molar-refractivity contribution in [3.8, 4) is 0 Å². The first-order valence-electron chi connectivity index (χ1n) is 8.49. The Balaban J connectivity index is 1.67. The minimum absolute atomic E-state index is 0.250. The van der Waals surface area contributed by atoms with Crippen molar-refractivity contribution in [1.29, 1.82) is 0 Å². The van der Waals surface area contributed by atoms with Gasteiger partial charge < -0.3 is 9.80 Å². The molecule has 0 radical (unpaired) electrons. The Kier molecular flexibility index (Phi) is 4.97. The fourth-order valence-electron chi connectivity index (χ4n) is 3.21. The Bertz CT molecular complexity index is 649. The molecule has 0 saturated carbocycles. The largest absolute Gasteiger partial charge is 0.338 e. The van der Waals surface area contributed by atoms with Crippen LogP contribution in [0.25, 0.3) is 10.2 Å². The lowest BCUT2D eigenvalue weighted by Crippen LogP contribution is -3.14. The highest BCUT2D eigenvalue weighted by Crippen LogP contribution is 2.30. The smallest absolute Gasteiger partial charge is 0.277 e. The predicted octanol–water partition coefficient (Wildman–Crippen LogP) is 1.93. The molecule has 1 amide bonds. The van der Waals surface area contributed by atoms with E-state index in [1.807, 2.05) is 29.4 Å². The van der Waals surface area contributed by atoms with E-state index < -0.39 is 0 Å². The van der Waals surface area contributed by atoms with Crippen molar-refractivity contribution < 1.29 is 9.69 Å². The number of thiazole rings is 1. The summed E-state index contributed by atoms with van der Waals surface area (Å²) in [5.74, 6) is 0.744. The molecule has 1 aliphatic heterocycles. The van der Waals surface area contributed by atoms with Gasteiger partial charge in [-0.25, -0.2) is 4.98 Å². The van der Waals surface area contributed by atoms with Crippen LogP contribution in [0.2, 0.25) is 0 Å². The van der Waals surface area contributed by atoms with Gasteiger partial charge in [-0.05, 0) is 38.8 Å². The third-order valence-electron chi connectivity index (χ3n) is 4.85. The quantitative estimate of drug-likeness (QED) is 0.929. The summed E-state index contributed by atoms with van der Waals surface area (Å²) in [6.07, 6.45) is 2.37. The van der Waals surface area contributed by atoms with Crippen molar-refractivity contribution in [3.05, 3.63) is 29.3 Å². The van der Waals surface area contributed by atoms with Crippen LogP contribution in [0.15, 0.2) is 24.3 Å². The SMILES string of the molecule is CC(C)N(C)C(=O)C[NH+]1CCC[C@@H](c2nc3ccccc3s2)C1. The summed E-state index contributed by atoms with van der Waals surface area (Å²) >= 11 is 1.82. The monoisotopic (exact) mass is 332 g/mol. The molecule has 2 atom stereocenters. The average Bonchev–Trinajstić information content (AvgIpc) is 2.98. The van der Waals surface area contributed by atoms with Gasteiger partial charge in [-0.1, -0.05) is 12.1 Å². The Morgan fingerprint density at radius 2 is 2.22 bits per heavy atom. The summed E-state index contributed by atoms with van der Waals surface area (Å²) in [5, 5.41) is 1.24. The number of benzene rings is 1. The molecule has 1 saturated heterocycles. The number of hydrogen-bond donors (Lipinski definition) is 1. The summed E-state index contributed by atoms with van der Waals surface area (Å²) in [6, 6.07) is 8.62. The highest BCUT2D eigenvalue weighted by atomic mass is 32.1. The van der Waals surface area contributed by atoms with Crippen LogP contribution < -0.4 is 4.90 Å². The molecule has 1 unspecified atom stereocenters. The highest BCUT2D eigenvalue weighted by molar-refractivity contribution is 7.18. The number of piperidine rings is 1. The van der Waals surface area contributed by atoms with Crippen molar-refractivity contribution in [2.45, 2.75) is 38.6 Å². The van der Waals surface area contributed by atoms with E-state index >= 15 is 0 Å². The number of carbonyl (C=O) groups is 1. The Hall–Kier alpha value is -1.46. The van der Waals surface area contributed by atoms with E-state index in [-0.39, 0.29) is 11.9 Å². The zero-order valence-electron chi connectivity index (χ0n) is 14.2. The third-order valence-corrected chi connectivity index (χ3v) is 6.05. The van der Waals surface area contributed by atoms with Gasteiger partial charge in [0.2, 0.25) is 0 Å². The normalized spacial score (nSPS) is 21.7. The highest BCUT2D eigenvalue weighted by Gasteiger charge is 2.29. The van der Waals surface area contributed by atoms with Gasteiger partial charge in [0.25, 0.3) is 5.91 Å². The first-order chi connectivity index (χ1) is 11.0. The number of nitrogens with one attached hydrogen (secondary N) is 1. The van der Waals surface area contributed by atoms with E-state index in [0.29, 0.717) is 12.5 Å². The number of hydrogen-bond acceptors (Lipinski definition) is 3. The van der Waals surface area contributed by atoms with Gasteiger partial charge in [0.1, 0.15) is 5.01 Å². The number of likely N-dealkylation sites (tertiary alicyclic amines) is 1. The zero-order valence-corrected chi connectivity index (χ0v) is 15.0. The number of rotatable bonds is 4. The van der Waals surface area contributed by atoms with Crippen LogP contribution in [0.5, 0.6) is 0 Å². The fourth-order valence-corrected chi connectivity index (χ4v) is 4.32. The molecule has 1 N–H and O–H groups in total. The molecule has 2 aromatic rings. The van der Waals surface area contributed by atoms with E-state index in [9.17, 15) is 4.79 Å². The lowest BCUT2D eigenvalue weighted by Gasteiger charge is -2.30. The number of likely N-dealkylation sites (N-methyl/N-ethyl adjacent to an activating group) is 1. The van der Waals surface area contributed by atoms with Gasteiger partial charge in [0, 0.05) is 13.1 Å². The zero-order chi connectivity index (χ0) is 16.4. The number of carbonyl (C=O) groups excluding carboxylic acids is 1. The topological polar surface area (TPSA) is 37.6 Å². The number of nitrogens with zero attached hydrogens (tertiary/aromatic N) is 2. The molecule has 0 spiro atoms. The maximum absolute atomic E-state index is 12.3. The van der Waals surface area contributed by atoms with Crippen LogP contribution in [0.4, 0.5) is 0 Å². The van der Waals surface area contributed by atoms with E-state index in [1.165, 1.54) is 27.4 Å². The van der Waals surface area contributed by atoms with Gasteiger partial charge in [0.05, 0.1) is 29.2 Å². The molecular weight excluding hydrogens is 306 g/mol. The first kappa shape index (κ1) is 16.4. The molecule has 1 fully saturated rings. The van der Waals surface area contributed by atoms with Crippen molar-refractivity contribution in [1.82, 2.24) is 9.88 Å². The minimum Gasteiger partial charge on any atom is -0.338 e. The van der Waals surface area contributed by atoms with Crippen LogP contribution >= 0.6 is 11.3 Å². The van der Waals surface area contributed by atoms with Gasteiger partial charge in [-0.15, -0.1) is 11.3 Å². The van der Waals surface area contributed by atoms with Crippen LogP contribution in [-0.2, 0) is 4.79 Å². The van der Waals surface area contributed by atoms with E-state index in [0.717, 1.165) is 18.6 Å². The molecule has 23 heavy (non-hydrogen) atoms. The first-order valence-corrected chi connectivity index (χ1v) is 9.31.